The maximum absolute atomic E-state index is 11.9. The van der Waals surface area contributed by atoms with Crippen LogP contribution in [0.1, 0.15) is 50.3 Å². The first kappa shape index (κ1) is 22.9. The fraction of sp³-hybridized carbons (Fsp3) is 0.737. The van der Waals surface area contributed by atoms with Crippen LogP contribution in [-0.2, 0) is 16.1 Å². The van der Waals surface area contributed by atoms with Gasteiger partial charge in [0.1, 0.15) is 0 Å². The molecule has 1 aromatic heterocycles. The van der Waals surface area contributed by atoms with E-state index >= 15 is 0 Å². The van der Waals surface area contributed by atoms with E-state index in [1.807, 2.05) is 6.07 Å². The molecule has 8 nitrogen and oxygen atoms in total. The molecule has 1 unspecified atom stereocenters. The number of ether oxygens (including phenoxy) is 1. The van der Waals surface area contributed by atoms with Gasteiger partial charge in [0, 0.05) is 33.4 Å². The molecule has 9 heteroatoms. The molecule has 0 bridgehead atoms. The molecule has 158 valence electrons. The van der Waals surface area contributed by atoms with Gasteiger partial charge in [-0.3, -0.25) is 9.48 Å². The summed E-state index contributed by atoms with van der Waals surface area (Å²) < 4.78 is 7.74. The number of carbonyl (C=O) groups is 1. The number of hydrogen-bond donors (Lipinski definition) is 2. The summed E-state index contributed by atoms with van der Waals surface area (Å²) in [5.74, 6) is 0.628. The van der Waals surface area contributed by atoms with Gasteiger partial charge in [0.25, 0.3) is 0 Å². The lowest BCUT2D eigenvalue weighted by Crippen LogP contribution is -2.45. The lowest BCUT2D eigenvalue weighted by molar-refractivity contribution is -0.127. The van der Waals surface area contributed by atoms with Crippen LogP contribution < -0.4 is 10.6 Å². The number of rotatable bonds is 7. The molecule has 0 radical (unpaired) electrons. The van der Waals surface area contributed by atoms with Crippen molar-refractivity contribution < 1.29 is 9.53 Å². The van der Waals surface area contributed by atoms with Crippen LogP contribution in [-0.4, -0.2) is 66.4 Å². The van der Waals surface area contributed by atoms with E-state index in [2.05, 4.69) is 31.6 Å². The number of halogens is 1. The van der Waals surface area contributed by atoms with Gasteiger partial charge in [-0.1, -0.05) is 12.8 Å². The Morgan fingerprint density at radius 1 is 1.29 bits per heavy atom. The number of aliphatic imine (C=N–C) groups is 1. The van der Waals surface area contributed by atoms with Gasteiger partial charge < -0.3 is 20.3 Å². The summed E-state index contributed by atoms with van der Waals surface area (Å²) in [6.07, 6.45) is 9.44. The summed E-state index contributed by atoms with van der Waals surface area (Å²) in [4.78, 5) is 18.1. The van der Waals surface area contributed by atoms with Crippen LogP contribution in [0, 0.1) is 0 Å². The zero-order chi connectivity index (χ0) is 19.1. The summed E-state index contributed by atoms with van der Waals surface area (Å²) in [6.45, 7) is 2.21. The SMILES string of the molecule is CN(C)C(=O)CNC(=NCc1ccn(C2CCCC2)n1)NCC1CCCO1.I. The smallest absolute Gasteiger partial charge is 0.241 e. The highest BCUT2D eigenvalue weighted by Gasteiger charge is 2.18. The van der Waals surface area contributed by atoms with E-state index in [-0.39, 0.29) is 42.5 Å². The maximum atomic E-state index is 11.9. The number of carbonyl (C=O) groups excluding carboxylic acids is 1. The molecule has 1 saturated heterocycles. The van der Waals surface area contributed by atoms with Gasteiger partial charge in [-0.15, -0.1) is 24.0 Å². The molecule has 1 aliphatic heterocycles. The molecular formula is C19H33IN6O2. The first-order valence-corrected chi connectivity index (χ1v) is 10.00. The molecule has 1 amide bonds. The lowest BCUT2D eigenvalue weighted by atomic mass is 10.2. The molecule has 1 saturated carbocycles. The summed E-state index contributed by atoms with van der Waals surface area (Å²) in [5, 5.41) is 11.1. The first-order chi connectivity index (χ1) is 13.1. The summed E-state index contributed by atoms with van der Waals surface area (Å²) in [7, 11) is 3.49. The van der Waals surface area contributed by atoms with E-state index < -0.39 is 0 Å². The van der Waals surface area contributed by atoms with E-state index in [9.17, 15) is 4.79 Å². The highest BCUT2D eigenvalue weighted by molar-refractivity contribution is 14.0. The van der Waals surface area contributed by atoms with Gasteiger partial charge >= 0.3 is 0 Å². The van der Waals surface area contributed by atoms with Gasteiger partial charge in [0.2, 0.25) is 5.91 Å². The number of nitrogens with zero attached hydrogens (tertiary/aromatic N) is 4. The summed E-state index contributed by atoms with van der Waals surface area (Å²) >= 11 is 0. The van der Waals surface area contributed by atoms with E-state index in [4.69, 9.17) is 4.74 Å². The van der Waals surface area contributed by atoms with Crippen molar-refractivity contribution >= 4 is 35.8 Å². The number of guanidine groups is 1. The number of nitrogens with one attached hydrogen (secondary N) is 2. The molecule has 0 aromatic carbocycles. The molecule has 3 rings (SSSR count). The molecule has 28 heavy (non-hydrogen) atoms. The van der Waals surface area contributed by atoms with Gasteiger partial charge in [-0.25, -0.2) is 4.99 Å². The Labute approximate surface area is 184 Å². The van der Waals surface area contributed by atoms with Crippen molar-refractivity contribution in [3.8, 4) is 0 Å². The first-order valence-electron chi connectivity index (χ1n) is 10.00. The fourth-order valence-corrected chi connectivity index (χ4v) is 3.50. The van der Waals surface area contributed by atoms with Crippen molar-refractivity contribution in [3.63, 3.8) is 0 Å². The minimum Gasteiger partial charge on any atom is -0.376 e. The number of hydrogen-bond acceptors (Lipinski definition) is 4. The Kier molecular flexibility index (Phi) is 9.49. The number of amides is 1. The van der Waals surface area contributed by atoms with Crippen LogP contribution in [0.2, 0.25) is 0 Å². The molecule has 2 N–H and O–H groups in total. The van der Waals surface area contributed by atoms with E-state index in [1.165, 1.54) is 25.7 Å². The molecular weight excluding hydrogens is 471 g/mol. The van der Waals surface area contributed by atoms with Crippen LogP contribution in [0.3, 0.4) is 0 Å². The third-order valence-electron chi connectivity index (χ3n) is 5.19. The molecule has 0 spiro atoms. The molecule has 2 fully saturated rings. The lowest BCUT2D eigenvalue weighted by Gasteiger charge is -2.16. The quantitative estimate of drug-likeness (QED) is 0.337. The average Bonchev–Trinajstić information content (AvgIpc) is 3.41. The predicted molar refractivity (Wildman–Crippen MR) is 120 cm³/mol. The average molecular weight is 504 g/mol. The van der Waals surface area contributed by atoms with E-state index in [1.54, 1.807) is 19.0 Å². The van der Waals surface area contributed by atoms with Crippen molar-refractivity contribution in [2.24, 2.45) is 4.99 Å². The Hall–Kier alpha value is -1.36. The Morgan fingerprint density at radius 2 is 2.07 bits per heavy atom. The van der Waals surface area contributed by atoms with Crippen LogP contribution in [0.5, 0.6) is 0 Å². The number of likely N-dealkylation sites (N-methyl/N-ethyl adjacent to an activating group) is 1. The monoisotopic (exact) mass is 504 g/mol. The Bertz CT molecular complexity index is 636. The fourth-order valence-electron chi connectivity index (χ4n) is 3.50. The van der Waals surface area contributed by atoms with Gasteiger partial charge in [0.05, 0.1) is 30.9 Å². The largest absolute Gasteiger partial charge is 0.376 e. The second kappa shape index (κ2) is 11.6. The van der Waals surface area contributed by atoms with Gasteiger partial charge in [0.15, 0.2) is 5.96 Å². The molecule has 2 heterocycles. The molecule has 1 aliphatic carbocycles. The summed E-state index contributed by atoms with van der Waals surface area (Å²) in [6, 6.07) is 2.57. The van der Waals surface area contributed by atoms with E-state index in [0.717, 1.165) is 25.1 Å². The second-order valence-corrected chi connectivity index (χ2v) is 7.55. The molecule has 1 atom stereocenters. The minimum atomic E-state index is 0. The van der Waals surface area contributed by atoms with Gasteiger partial charge in [-0.2, -0.15) is 5.10 Å². The van der Waals surface area contributed by atoms with Crippen LogP contribution in [0.25, 0.3) is 0 Å². The second-order valence-electron chi connectivity index (χ2n) is 7.55. The number of aromatic nitrogens is 2. The highest BCUT2D eigenvalue weighted by Crippen LogP contribution is 2.28. The van der Waals surface area contributed by atoms with Crippen molar-refractivity contribution in [1.82, 2.24) is 25.3 Å². The zero-order valence-corrected chi connectivity index (χ0v) is 19.2. The third-order valence-corrected chi connectivity index (χ3v) is 5.19. The van der Waals surface area contributed by atoms with Crippen molar-refractivity contribution in [2.75, 3.05) is 33.8 Å². The van der Waals surface area contributed by atoms with E-state index in [0.29, 0.717) is 25.1 Å². The standard InChI is InChI=1S/C19H32N6O2.HI/c1-24(2)18(26)14-22-19(21-13-17-8-5-11-27-17)20-12-15-9-10-25(23-15)16-6-3-4-7-16;/h9-10,16-17H,3-8,11-14H2,1-2H3,(H2,20,21,22);1H. The predicted octanol–water partition coefficient (Wildman–Crippen LogP) is 1.92. The van der Waals surface area contributed by atoms with Crippen molar-refractivity contribution in [3.05, 3.63) is 18.0 Å². The normalized spacial score (nSPS) is 20.1. The Balaban J connectivity index is 0.00000280. The van der Waals surface area contributed by atoms with Crippen molar-refractivity contribution in [2.45, 2.75) is 57.2 Å². The van der Waals surface area contributed by atoms with Crippen LogP contribution in [0.15, 0.2) is 17.3 Å². The van der Waals surface area contributed by atoms with Crippen molar-refractivity contribution in [1.29, 1.82) is 0 Å². The third kappa shape index (κ3) is 6.91. The zero-order valence-electron chi connectivity index (χ0n) is 16.9. The van der Waals surface area contributed by atoms with Crippen LogP contribution >= 0.6 is 24.0 Å². The molecule has 2 aliphatic rings. The topological polar surface area (TPSA) is 83.8 Å². The van der Waals surface area contributed by atoms with Crippen LogP contribution in [0.4, 0.5) is 0 Å². The highest BCUT2D eigenvalue weighted by atomic mass is 127. The Morgan fingerprint density at radius 3 is 2.75 bits per heavy atom. The molecule has 1 aromatic rings. The maximum Gasteiger partial charge on any atom is 0.241 e. The summed E-state index contributed by atoms with van der Waals surface area (Å²) in [5.41, 5.74) is 0.944. The minimum absolute atomic E-state index is 0. The van der Waals surface area contributed by atoms with Gasteiger partial charge in [-0.05, 0) is 31.7 Å².